The van der Waals surface area contributed by atoms with Gasteiger partial charge in [-0.1, -0.05) is 168 Å². The van der Waals surface area contributed by atoms with E-state index in [0.717, 1.165) is 75.7 Å². The molecule has 0 fully saturated rings. The van der Waals surface area contributed by atoms with Crippen LogP contribution in [0.3, 0.4) is 0 Å². The molecule has 0 atom stereocenters. The summed E-state index contributed by atoms with van der Waals surface area (Å²) in [5.74, 6) is 1.44. The van der Waals surface area contributed by atoms with E-state index in [1.807, 2.05) is 24.3 Å². The molecule has 54 heavy (non-hydrogen) atoms. The molecule has 2 N–H and O–H groups in total. The molecule has 0 aliphatic heterocycles. The molecule has 0 aliphatic rings. The van der Waals surface area contributed by atoms with Gasteiger partial charge in [0.25, 0.3) is 0 Å². The predicted octanol–water partition coefficient (Wildman–Crippen LogP) is 14.2. The van der Waals surface area contributed by atoms with Gasteiger partial charge in [-0.05, 0) is 98.6 Å². The molecule has 0 aromatic heterocycles. The number of unbranched alkanes of at least 4 members (excludes halogenated alkanes) is 19. The van der Waals surface area contributed by atoms with Crippen molar-refractivity contribution in [3.05, 3.63) is 58.7 Å². The molecule has 0 saturated carbocycles. The van der Waals surface area contributed by atoms with E-state index < -0.39 is 0 Å². The molecule has 6 nitrogen and oxygen atoms in total. The molecule has 306 valence electrons. The van der Waals surface area contributed by atoms with E-state index in [4.69, 9.17) is 9.47 Å². The fourth-order valence-corrected chi connectivity index (χ4v) is 7.35. The summed E-state index contributed by atoms with van der Waals surface area (Å²) in [6.07, 6.45) is 31.8. The molecule has 2 amide bonds. The van der Waals surface area contributed by atoms with Crippen LogP contribution in [0.15, 0.2) is 36.4 Å². The average molecular weight is 749 g/mol. The first-order chi connectivity index (χ1) is 26.5. The van der Waals surface area contributed by atoms with E-state index >= 15 is 0 Å². The number of amides is 2. The van der Waals surface area contributed by atoms with Crippen molar-refractivity contribution in [1.82, 2.24) is 10.6 Å². The minimum Gasteiger partial charge on any atom is -0.410 e. The standard InChI is InChI=1S/C48H80N2O4/c1-5-9-13-17-23-31-41-33-29-37-45(43(41)35-25-19-15-11-7-3)53-47(51)49-39-27-21-22-28-40-50-48(52)54-46-38-30-34-42(32-24-18-14-10-6-2)44(46)36-26-20-16-12-8-4/h29-30,33-34,37-38H,5-28,31-32,35-36,39-40H2,1-4H3,(H,49,51)(H,50,52). The molecule has 2 aromatic rings. The lowest BCUT2D eigenvalue weighted by molar-refractivity contribution is 0.198. The van der Waals surface area contributed by atoms with Crippen molar-refractivity contribution >= 4 is 12.2 Å². The predicted molar refractivity (Wildman–Crippen MR) is 229 cm³/mol. The first-order valence-electron chi connectivity index (χ1n) is 22.7. The Morgan fingerprint density at radius 2 is 0.722 bits per heavy atom. The summed E-state index contributed by atoms with van der Waals surface area (Å²) in [5, 5.41) is 5.94. The van der Waals surface area contributed by atoms with Gasteiger partial charge in [0, 0.05) is 13.1 Å². The van der Waals surface area contributed by atoms with Crippen molar-refractivity contribution in [3.63, 3.8) is 0 Å². The molecule has 2 rings (SSSR count). The maximum absolute atomic E-state index is 12.8. The van der Waals surface area contributed by atoms with E-state index in [1.165, 1.54) is 138 Å². The molecule has 6 heteroatoms. The smallest absolute Gasteiger partial charge is 0.410 e. The fourth-order valence-electron chi connectivity index (χ4n) is 7.35. The minimum atomic E-state index is -0.368. The second-order valence-corrected chi connectivity index (χ2v) is 15.5. The summed E-state index contributed by atoms with van der Waals surface area (Å²) in [6, 6.07) is 12.4. The van der Waals surface area contributed by atoms with Crippen LogP contribution in [0.5, 0.6) is 11.5 Å². The van der Waals surface area contributed by atoms with Crippen molar-refractivity contribution in [2.24, 2.45) is 0 Å². The van der Waals surface area contributed by atoms with Crippen molar-refractivity contribution in [3.8, 4) is 11.5 Å². The van der Waals surface area contributed by atoms with Gasteiger partial charge in [-0.15, -0.1) is 0 Å². The Balaban J connectivity index is 1.76. The highest BCUT2D eigenvalue weighted by Gasteiger charge is 2.15. The number of nitrogens with one attached hydrogen (secondary N) is 2. The lowest BCUT2D eigenvalue weighted by Crippen LogP contribution is -2.28. The largest absolute Gasteiger partial charge is 0.412 e. The van der Waals surface area contributed by atoms with Gasteiger partial charge in [-0.25, -0.2) is 9.59 Å². The van der Waals surface area contributed by atoms with E-state index in [0.29, 0.717) is 13.1 Å². The van der Waals surface area contributed by atoms with Crippen molar-refractivity contribution in [2.45, 2.75) is 207 Å². The molecule has 2 aromatic carbocycles. The summed E-state index contributed by atoms with van der Waals surface area (Å²) in [7, 11) is 0. The number of ether oxygens (including phenoxy) is 2. The maximum Gasteiger partial charge on any atom is 0.412 e. The Morgan fingerprint density at radius 1 is 0.407 bits per heavy atom. The molecule has 0 unspecified atom stereocenters. The van der Waals surface area contributed by atoms with Gasteiger partial charge in [-0.2, -0.15) is 0 Å². The number of aryl methyl sites for hydroxylation is 2. The van der Waals surface area contributed by atoms with Gasteiger partial charge >= 0.3 is 12.2 Å². The van der Waals surface area contributed by atoms with E-state index in [2.05, 4.69) is 50.5 Å². The van der Waals surface area contributed by atoms with E-state index in [1.54, 1.807) is 0 Å². The lowest BCUT2D eigenvalue weighted by atomic mass is 9.95. The van der Waals surface area contributed by atoms with Gasteiger partial charge in [0.15, 0.2) is 0 Å². The Hall–Kier alpha value is -3.02. The summed E-state index contributed by atoms with van der Waals surface area (Å²) in [6.45, 7) is 10.2. The van der Waals surface area contributed by atoms with Gasteiger partial charge in [0.2, 0.25) is 0 Å². The normalized spacial score (nSPS) is 11.1. The quantitative estimate of drug-likeness (QED) is 0.0713. The van der Waals surface area contributed by atoms with Crippen LogP contribution in [0.4, 0.5) is 9.59 Å². The number of hydrogen-bond acceptors (Lipinski definition) is 4. The summed E-state index contributed by atoms with van der Waals surface area (Å²) in [4.78, 5) is 25.6. The maximum atomic E-state index is 12.8. The Morgan fingerprint density at radius 3 is 1.07 bits per heavy atom. The van der Waals surface area contributed by atoms with Gasteiger partial charge < -0.3 is 20.1 Å². The monoisotopic (exact) mass is 749 g/mol. The van der Waals surface area contributed by atoms with Crippen molar-refractivity contribution in [1.29, 1.82) is 0 Å². The molecule has 0 radical (unpaired) electrons. The SMILES string of the molecule is CCCCCCCc1cccc(OC(=O)NCCCCCCNC(=O)Oc2cccc(CCCCCCC)c2CCCCCCC)c1CCCCCCC. The number of hydrogen-bond donors (Lipinski definition) is 2. The highest BCUT2D eigenvalue weighted by molar-refractivity contribution is 5.71. The molecular formula is C48H80N2O4. The van der Waals surface area contributed by atoms with E-state index in [-0.39, 0.29) is 12.2 Å². The second kappa shape index (κ2) is 32.2. The zero-order chi connectivity index (χ0) is 38.9. The highest BCUT2D eigenvalue weighted by atomic mass is 16.6. The van der Waals surface area contributed by atoms with E-state index in [9.17, 15) is 9.59 Å². The second-order valence-electron chi connectivity index (χ2n) is 15.5. The molecule has 0 spiro atoms. The number of carbonyl (C=O) groups is 2. The summed E-state index contributed by atoms with van der Waals surface area (Å²) >= 11 is 0. The van der Waals surface area contributed by atoms with Crippen molar-refractivity contribution < 1.29 is 19.1 Å². The number of rotatable bonds is 33. The average Bonchev–Trinajstić information content (AvgIpc) is 3.17. The molecule has 0 heterocycles. The van der Waals surface area contributed by atoms with Crippen LogP contribution in [0.25, 0.3) is 0 Å². The first kappa shape index (κ1) is 47.1. The van der Waals surface area contributed by atoms with Crippen LogP contribution in [0, 0.1) is 0 Å². The van der Waals surface area contributed by atoms with Crippen LogP contribution in [0.2, 0.25) is 0 Å². The highest BCUT2D eigenvalue weighted by Crippen LogP contribution is 2.28. The van der Waals surface area contributed by atoms with Crippen LogP contribution in [0.1, 0.15) is 204 Å². The molecular weight excluding hydrogens is 669 g/mol. The van der Waals surface area contributed by atoms with Crippen LogP contribution in [-0.4, -0.2) is 25.3 Å². The molecule has 0 bridgehead atoms. The first-order valence-corrected chi connectivity index (χ1v) is 22.7. The van der Waals surface area contributed by atoms with Gasteiger partial charge in [0.1, 0.15) is 11.5 Å². The minimum absolute atomic E-state index is 0.368. The molecule has 0 aliphatic carbocycles. The Labute approximate surface area is 331 Å². The fraction of sp³-hybridized carbons (Fsp3) is 0.708. The third-order valence-electron chi connectivity index (χ3n) is 10.7. The van der Waals surface area contributed by atoms with Crippen molar-refractivity contribution in [2.75, 3.05) is 13.1 Å². The number of benzene rings is 2. The van der Waals surface area contributed by atoms with Crippen LogP contribution < -0.4 is 20.1 Å². The topological polar surface area (TPSA) is 76.7 Å². The third kappa shape index (κ3) is 21.8. The lowest BCUT2D eigenvalue weighted by Gasteiger charge is -2.16. The van der Waals surface area contributed by atoms with Crippen LogP contribution >= 0.6 is 0 Å². The summed E-state index contributed by atoms with van der Waals surface area (Å²) < 4.78 is 11.8. The zero-order valence-corrected chi connectivity index (χ0v) is 35.3. The third-order valence-corrected chi connectivity index (χ3v) is 10.7. The van der Waals surface area contributed by atoms with Gasteiger partial charge in [0.05, 0.1) is 0 Å². The number of carbonyl (C=O) groups excluding carboxylic acids is 2. The van der Waals surface area contributed by atoms with Crippen LogP contribution in [-0.2, 0) is 25.7 Å². The molecule has 0 saturated heterocycles. The zero-order valence-electron chi connectivity index (χ0n) is 35.3. The summed E-state index contributed by atoms with van der Waals surface area (Å²) in [5.41, 5.74) is 5.11. The van der Waals surface area contributed by atoms with Gasteiger partial charge in [-0.3, -0.25) is 0 Å². The Bertz CT molecular complexity index is 1150. The Kier molecular flexibility index (Phi) is 28.1.